The first-order valence-electron chi connectivity index (χ1n) is 15.1. The lowest BCUT2D eigenvalue weighted by atomic mass is 9.95. The first-order chi connectivity index (χ1) is 20.1. The quantitative estimate of drug-likeness (QED) is 0.280. The highest BCUT2D eigenvalue weighted by molar-refractivity contribution is 7.83. The molecule has 2 atom stereocenters. The lowest BCUT2D eigenvalue weighted by Gasteiger charge is -2.25. The summed E-state index contributed by atoms with van der Waals surface area (Å²) < 4.78 is 27.0. The van der Waals surface area contributed by atoms with Crippen LogP contribution in [-0.2, 0) is 20.5 Å². The van der Waals surface area contributed by atoms with E-state index < -0.39 is 34.3 Å². The molecule has 242 valence electrons. The number of ether oxygens (including phenoxy) is 2. The van der Waals surface area contributed by atoms with Crippen LogP contribution in [0.2, 0.25) is 0 Å². The average Bonchev–Trinajstić information content (AvgIpc) is 3.39. The molecular weight excluding hydrogens is 585 g/mol. The summed E-state index contributed by atoms with van der Waals surface area (Å²) in [6.45, 7) is 22.9. The van der Waals surface area contributed by atoms with Gasteiger partial charge in [0.2, 0.25) is 0 Å². The molecule has 0 saturated carbocycles. The highest BCUT2D eigenvalue weighted by atomic mass is 32.2. The Bertz CT molecular complexity index is 1240. The molecule has 11 heteroatoms. The zero-order valence-corrected chi connectivity index (χ0v) is 29.6. The van der Waals surface area contributed by atoms with E-state index in [0.29, 0.717) is 17.0 Å². The Morgan fingerprint density at radius 2 is 1.70 bits per heavy atom. The number of hydrogen-bond donors (Lipinski definition) is 3. The van der Waals surface area contributed by atoms with Crippen LogP contribution in [0, 0.1) is 0 Å². The van der Waals surface area contributed by atoms with E-state index in [-0.39, 0.29) is 12.1 Å². The SMILES string of the molecule is CC.CC.CC(C)OC(=O)Nc1ccc(-c2cnc(C3=CCC(NC(=O)OC(C)(C)C)CC3)s2)c(S(=O)NC(C)(C)C)c1. The molecule has 2 aromatic rings. The molecule has 0 bridgehead atoms. The second-order valence-corrected chi connectivity index (χ2v) is 14.0. The lowest BCUT2D eigenvalue weighted by molar-refractivity contribution is 0.0501. The summed E-state index contributed by atoms with van der Waals surface area (Å²) in [6.07, 6.45) is 4.94. The van der Waals surface area contributed by atoms with Gasteiger partial charge in [0.15, 0.2) is 0 Å². The van der Waals surface area contributed by atoms with E-state index in [0.717, 1.165) is 33.9 Å². The van der Waals surface area contributed by atoms with E-state index in [2.05, 4.69) is 26.4 Å². The second-order valence-electron chi connectivity index (χ2n) is 11.8. The molecule has 3 N–H and O–H groups in total. The number of nitrogens with one attached hydrogen (secondary N) is 3. The van der Waals surface area contributed by atoms with Gasteiger partial charge in [0, 0.05) is 29.0 Å². The third-order valence-corrected chi connectivity index (χ3v) is 7.99. The normalized spacial score (nSPS) is 15.6. The van der Waals surface area contributed by atoms with E-state index in [1.165, 1.54) is 11.3 Å². The fourth-order valence-electron chi connectivity index (χ4n) is 3.83. The molecule has 0 saturated heterocycles. The van der Waals surface area contributed by atoms with Crippen molar-refractivity contribution in [1.29, 1.82) is 0 Å². The van der Waals surface area contributed by atoms with Gasteiger partial charge < -0.3 is 14.8 Å². The Morgan fingerprint density at radius 1 is 1.05 bits per heavy atom. The minimum atomic E-state index is -1.54. The van der Waals surface area contributed by atoms with Crippen molar-refractivity contribution in [2.45, 2.75) is 131 Å². The maximum atomic E-state index is 13.4. The van der Waals surface area contributed by atoms with Crippen LogP contribution in [0.15, 0.2) is 35.4 Å². The van der Waals surface area contributed by atoms with Gasteiger partial charge in [-0.3, -0.25) is 5.32 Å². The standard InChI is InChI=1S/C28H40N4O5S2.2C2H6/c1-17(2)36-25(33)31-20-13-14-21(23(15-20)39(35)32-27(3,4)5)22-16-29-24(38-22)18-9-11-19(12-10-18)30-26(34)37-28(6,7)8;2*1-2/h9,13-17,19,32H,10-12H2,1-8H3,(H,30,34)(H,31,33);2*1-2H3. The zero-order chi connectivity index (χ0) is 33.0. The third kappa shape index (κ3) is 13.6. The van der Waals surface area contributed by atoms with Crippen molar-refractivity contribution in [3.05, 3.63) is 35.5 Å². The molecule has 43 heavy (non-hydrogen) atoms. The second kappa shape index (κ2) is 17.5. The molecule has 1 aliphatic rings. The van der Waals surface area contributed by atoms with Crippen LogP contribution in [-0.4, -0.2) is 44.7 Å². The number of hydrogen-bond acceptors (Lipinski definition) is 7. The van der Waals surface area contributed by atoms with E-state index >= 15 is 0 Å². The Morgan fingerprint density at radius 3 is 2.23 bits per heavy atom. The fourth-order valence-corrected chi connectivity index (χ4v) is 6.20. The third-order valence-electron chi connectivity index (χ3n) is 5.35. The van der Waals surface area contributed by atoms with Gasteiger partial charge in [-0.25, -0.2) is 23.5 Å². The molecule has 1 heterocycles. The van der Waals surface area contributed by atoms with Gasteiger partial charge in [-0.1, -0.05) is 39.8 Å². The van der Waals surface area contributed by atoms with Crippen molar-refractivity contribution in [3.8, 4) is 10.4 Å². The Balaban J connectivity index is 0.00000221. The number of alkyl carbamates (subject to hydrolysis) is 1. The van der Waals surface area contributed by atoms with Gasteiger partial charge in [0.1, 0.15) is 21.6 Å². The van der Waals surface area contributed by atoms with E-state index in [9.17, 15) is 13.8 Å². The van der Waals surface area contributed by atoms with E-state index in [1.807, 2.05) is 75.3 Å². The smallest absolute Gasteiger partial charge is 0.411 e. The molecular formula is C32H52N4O5S2. The maximum Gasteiger partial charge on any atom is 0.411 e. The van der Waals surface area contributed by atoms with Crippen LogP contribution >= 0.6 is 11.3 Å². The van der Waals surface area contributed by atoms with Crippen LogP contribution < -0.4 is 15.4 Å². The van der Waals surface area contributed by atoms with Crippen molar-refractivity contribution in [1.82, 2.24) is 15.0 Å². The minimum absolute atomic E-state index is 0.0166. The number of carbonyl (C=O) groups is 2. The molecule has 1 aliphatic carbocycles. The predicted molar refractivity (Wildman–Crippen MR) is 180 cm³/mol. The first kappa shape index (κ1) is 38.3. The summed E-state index contributed by atoms with van der Waals surface area (Å²) in [5.74, 6) is 0. The van der Waals surface area contributed by atoms with Gasteiger partial charge in [0.25, 0.3) is 0 Å². The number of carbonyl (C=O) groups excluding carboxylic acids is 2. The maximum absolute atomic E-state index is 13.4. The van der Waals surface area contributed by atoms with Crippen LogP contribution in [0.1, 0.15) is 107 Å². The minimum Gasteiger partial charge on any atom is -0.447 e. The Kier molecular flexibility index (Phi) is 15.6. The highest BCUT2D eigenvalue weighted by Crippen LogP contribution is 2.37. The van der Waals surface area contributed by atoms with Gasteiger partial charge >= 0.3 is 12.2 Å². The van der Waals surface area contributed by atoms with E-state index in [1.54, 1.807) is 32.2 Å². The number of anilines is 1. The van der Waals surface area contributed by atoms with Crippen LogP contribution in [0.4, 0.5) is 15.3 Å². The molecule has 2 unspecified atom stereocenters. The van der Waals surface area contributed by atoms with E-state index in [4.69, 9.17) is 9.47 Å². The largest absolute Gasteiger partial charge is 0.447 e. The van der Waals surface area contributed by atoms with Gasteiger partial charge in [0.05, 0.1) is 15.9 Å². The Hall–Kier alpha value is -2.76. The van der Waals surface area contributed by atoms with Crippen molar-refractivity contribution in [2.24, 2.45) is 0 Å². The van der Waals surface area contributed by atoms with Crippen LogP contribution in [0.3, 0.4) is 0 Å². The lowest BCUT2D eigenvalue weighted by Crippen LogP contribution is -2.39. The summed E-state index contributed by atoms with van der Waals surface area (Å²) in [6, 6.07) is 5.33. The number of thiazole rings is 1. The monoisotopic (exact) mass is 636 g/mol. The van der Waals surface area contributed by atoms with Crippen molar-refractivity contribution < 1.29 is 23.3 Å². The average molecular weight is 637 g/mol. The fraction of sp³-hybridized carbons (Fsp3) is 0.594. The Labute approximate surface area is 265 Å². The molecule has 3 rings (SSSR count). The van der Waals surface area contributed by atoms with Gasteiger partial charge in [-0.2, -0.15) is 0 Å². The number of aromatic nitrogens is 1. The van der Waals surface area contributed by atoms with Crippen LogP contribution in [0.25, 0.3) is 16.0 Å². The number of rotatable bonds is 7. The number of benzene rings is 1. The summed E-state index contributed by atoms with van der Waals surface area (Å²) in [5, 5.41) is 6.55. The molecule has 9 nitrogen and oxygen atoms in total. The highest BCUT2D eigenvalue weighted by Gasteiger charge is 2.24. The molecule has 1 aromatic carbocycles. The topological polar surface area (TPSA) is 119 Å². The van der Waals surface area contributed by atoms with Gasteiger partial charge in [-0.05, 0) is 92.4 Å². The van der Waals surface area contributed by atoms with Gasteiger partial charge in [-0.15, -0.1) is 11.3 Å². The van der Waals surface area contributed by atoms with Crippen molar-refractivity contribution in [2.75, 3.05) is 5.32 Å². The summed E-state index contributed by atoms with van der Waals surface area (Å²) in [5.41, 5.74) is 1.47. The molecule has 0 radical (unpaired) electrons. The van der Waals surface area contributed by atoms with Crippen molar-refractivity contribution >= 4 is 45.8 Å². The summed E-state index contributed by atoms with van der Waals surface area (Å²) >= 11 is 1.53. The number of nitrogens with zero attached hydrogens (tertiary/aromatic N) is 1. The number of allylic oxidation sites excluding steroid dienone is 1. The zero-order valence-electron chi connectivity index (χ0n) is 28.0. The first-order valence-corrected chi connectivity index (χ1v) is 17.0. The molecule has 1 aromatic heterocycles. The summed E-state index contributed by atoms with van der Waals surface area (Å²) in [7, 11) is -1.54. The van der Waals surface area contributed by atoms with Crippen LogP contribution in [0.5, 0.6) is 0 Å². The molecule has 0 spiro atoms. The summed E-state index contributed by atoms with van der Waals surface area (Å²) in [4.78, 5) is 30.3. The molecule has 2 amide bonds. The predicted octanol–water partition coefficient (Wildman–Crippen LogP) is 8.69. The number of amides is 2. The molecule has 0 aliphatic heterocycles. The van der Waals surface area contributed by atoms with Crippen molar-refractivity contribution in [3.63, 3.8) is 0 Å². The molecule has 0 fully saturated rings.